The third kappa shape index (κ3) is 5.53. The van der Waals surface area contributed by atoms with E-state index in [1.165, 1.54) is 12.1 Å². The number of nitrogens with one attached hydrogen (secondary N) is 1. The molecule has 2 N–H and O–H groups in total. The van der Waals surface area contributed by atoms with Gasteiger partial charge in [0.25, 0.3) is 5.91 Å². The summed E-state index contributed by atoms with van der Waals surface area (Å²) in [5, 5.41) is 13.8. The number of anilines is 1. The lowest BCUT2D eigenvalue weighted by atomic mass is 10.0. The summed E-state index contributed by atoms with van der Waals surface area (Å²) in [7, 11) is 0. The van der Waals surface area contributed by atoms with Crippen LogP contribution in [-0.4, -0.2) is 40.8 Å². The summed E-state index contributed by atoms with van der Waals surface area (Å²) in [5.41, 5.74) is 4.24. The van der Waals surface area contributed by atoms with E-state index in [0.29, 0.717) is 43.1 Å². The first kappa shape index (κ1) is 25.8. The van der Waals surface area contributed by atoms with E-state index >= 15 is 0 Å². The number of hydrogen-bond donors (Lipinski definition) is 2. The van der Waals surface area contributed by atoms with Gasteiger partial charge in [0, 0.05) is 41.9 Å². The lowest BCUT2D eigenvalue weighted by Gasteiger charge is -2.31. The molecule has 1 aromatic heterocycles. The van der Waals surface area contributed by atoms with E-state index < -0.39 is 12.1 Å². The average Bonchev–Trinajstić information content (AvgIpc) is 3.31. The van der Waals surface area contributed by atoms with Crippen LogP contribution >= 0.6 is 11.6 Å². The number of rotatable bonds is 7. The van der Waals surface area contributed by atoms with Crippen LogP contribution in [0.15, 0.2) is 72.9 Å². The smallest absolute Gasteiger partial charge is 0.335 e. The zero-order valence-electron chi connectivity index (χ0n) is 21.0. The number of carboxylic acids is 1. The van der Waals surface area contributed by atoms with Gasteiger partial charge < -0.3 is 19.9 Å². The van der Waals surface area contributed by atoms with Gasteiger partial charge in [-0.05, 0) is 73.4 Å². The minimum atomic E-state index is -0.996. The van der Waals surface area contributed by atoms with Crippen LogP contribution in [-0.2, 0) is 6.54 Å². The van der Waals surface area contributed by atoms with E-state index in [9.17, 15) is 19.1 Å². The third-order valence-corrected chi connectivity index (χ3v) is 7.36. The molecule has 6 nitrogen and oxygen atoms in total. The number of hydrogen-bond acceptors (Lipinski definition) is 3. The van der Waals surface area contributed by atoms with Gasteiger partial charge in [-0.2, -0.15) is 0 Å². The molecule has 2 heterocycles. The average molecular weight is 534 g/mol. The molecule has 1 aliphatic heterocycles. The second kappa shape index (κ2) is 10.9. The number of benzene rings is 3. The second-order valence-electron chi connectivity index (χ2n) is 9.79. The monoisotopic (exact) mass is 533 g/mol. The van der Waals surface area contributed by atoms with E-state index in [4.69, 9.17) is 11.6 Å². The molecular formula is C30H29ClFN3O3. The zero-order chi connectivity index (χ0) is 26.8. The maximum absolute atomic E-state index is 13.8. The molecule has 0 radical (unpaired) electrons. The molecule has 4 aromatic rings. The van der Waals surface area contributed by atoms with E-state index in [2.05, 4.69) is 16.3 Å². The largest absolute Gasteiger partial charge is 0.478 e. The predicted molar refractivity (Wildman–Crippen MR) is 148 cm³/mol. The highest BCUT2D eigenvalue weighted by Crippen LogP contribution is 2.31. The number of fused-ring (bicyclic) bond motifs is 1. The number of aromatic nitrogens is 1. The minimum absolute atomic E-state index is 0.192. The highest BCUT2D eigenvalue weighted by molar-refractivity contribution is 6.30. The van der Waals surface area contributed by atoms with Crippen LogP contribution in [0.2, 0.25) is 5.02 Å². The summed E-state index contributed by atoms with van der Waals surface area (Å²) in [6, 6.07) is 19.7. The zero-order valence-corrected chi connectivity index (χ0v) is 21.8. The molecule has 0 saturated carbocycles. The van der Waals surface area contributed by atoms with Gasteiger partial charge in [0.2, 0.25) is 0 Å². The Hall–Kier alpha value is -3.84. The van der Waals surface area contributed by atoms with Crippen LogP contribution < -0.4 is 10.2 Å². The first-order valence-corrected chi connectivity index (χ1v) is 13.1. The van der Waals surface area contributed by atoms with Crippen LogP contribution in [0.3, 0.4) is 0 Å². The van der Waals surface area contributed by atoms with Crippen molar-refractivity contribution >= 4 is 40.1 Å². The fourth-order valence-electron chi connectivity index (χ4n) is 5.03. The molecule has 1 fully saturated rings. The Morgan fingerprint density at radius 1 is 1.08 bits per heavy atom. The lowest BCUT2D eigenvalue weighted by Crippen LogP contribution is -2.34. The highest BCUT2D eigenvalue weighted by atomic mass is 35.5. The van der Waals surface area contributed by atoms with Crippen molar-refractivity contribution in [3.05, 3.63) is 100 Å². The van der Waals surface area contributed by atoms with Crippen molar-refractivity contribution < 1.29 is 19.1 Å². The molecule has 1 aliphatic rings. The highest BCUT2D eigenvalue weighted by Gasteiger charge is 2.23. The van der Waals surface area contributed by atoms with Crippen LogP contribution in [0.4, 0.5) is 10.1 Å². The Kier molecular flexibility index (Phi) is 7.38. The number of carboxylic acid groups (broad SMARTS) is 1. The number of halogens is 2. The van der Waals surface area contributed by atoms with Crippen LogP contribution in [0.1, 0.15) is 57.7 Å². The number of piperidine rings is 1. The fraction of sp³-hybridized carbons (Fsp3) is 0.267. The van der Waals surface area contributed by atoms with Gasteiger partial charge in [0.1, 0.15) is 6.17 Å². The summed E-state index contributed by atoms with van der Waals surface area (Å²) in [4.78, 5) is 27.1. The van der Waals surface area contributed by atoms with Crippen molar-refractivity contribution in [2.45, 2.75) is 38.5 Å². The molecule has 1 amide bonds. The number of nitrogens with zero attached hydrogens (tertiary/aromatic N) is 2. The van der Waals surface area contributed by atoms with Gasteiger partial charge in [-0.3, -0.25) is 4.79 Å². The molecule has 0 bridgehead atoms. The van der Waals surface area contributed by atoms with Crippen LogP contribution in [0, 0.1) is 0 Å². The summed E-state index contributed by atoms with van der Waals surface area (Å²) in [5.74, 6) is -1.23. The molecule has 196 valence electrons. The first-order valence-electron chi connectivity index (χ1n) is 12.7. The molecule has 3 aromatic carbocycles. The summed E-state index contributed by atoms with van der Waals surface area (Å²) >= 11 is 6.21. The molecule has 0 aliphatic carbocycles. The van der Waals surface area contributed by atoms with E-state index in [1.54, 1.807) is 12.1 Å². The van der Waals surface area contributed by atoms with Crippen LogP contribution in [0.25, 0.3) is 10.9 Å². The fourth-order valence-corrected chi connectivity index (χ4v) is 5.24. The molecule has 0 unspecified atom stereocenters. The van der Waals surface area contributed by atoms with E-state index in [0.717, 1.165) is 27.7 Å². The number of amides is 1. The van der Waals surface area contributed by atoms with Crippen molar-refractivity contribution in [2.24, 2.45) is 0 Å². The lowest BCUT2D eigenvalue weighted by molar-refractivity contribution is 0.0696. The Balaban J connectivity index is 1.50. The predicted octanol–water partition coefficient (Wildman–Crippen LogP) is 6.47. The standard InChI is InChI=1S/C30H29ClFN3O3/c1-19(21-5-7-22(8-6-21)30(37)38)33-29(36)27-17-26(34-13-10-25(32)11-14-34)16-23-9-12-35(28(23)27)18-20-3-2-4-24(31)15-20/h2-9,12,15-17,19,25H,10-11,13-14,18H2,1H3,(H,33,36)(H,37,38)/t19-/m0/s1. The maximum Gasteiger partial charge on any atom is 0.335 e. The Labute approximate surface area is 225 Å². The first-order chi connectivity index (χ1) is 18.3. The normalized spacial score (nSPS) is 15.0. The van der Waals surface area contributed by atoms with Crippen molar-refractivity contribution in [2.75, 3.05) is 18.0 Å². The van der Waals surface area contributed by atoms with Gasteiger partial charge in [-0.15, -0.1) is 0 Å². The van der Waals surface area contributed by atoms with Crippen LogP contribution in [0.5, 0.6) is 0 Å². The van der Waals surface area contributed by atoms with Gasteiger partial charge in [0.15, 0.2) is 0 Å². The summed E-state index contributed by atoms with van der Waals surface area (Å²) in [6.45, 7) is 3.61. The van der Waals surface area contributed by atoms with Crippen molar-refractivity contribution in [3.8, 4) is 0 Å². The quantitative estimate of drug-likeness (QED) is 0.285. The molecule has 1 saturated heterocycles. The number of carbonyl (C=O) groups excluding carboxylic acids is 1. The second-order valence-corrected chi connectivity index (χ2v) is 10.2. The molecule has 1 atom stereocenters. The summed E-state index contributed by atoms with van der Waals surface area (Å²) in [6.07, 6.45) is 2.12. The topological polar surface area (TPSA) is 74.6 Å². The van der Waals surface area contributed by atoms with Crippen molar-refractivity contribution in [1.82, 2.24) is 9.88 Å². The van der Waals surface area contributed by atoms with Crippen molar-refractivity contribution in [1.29, 1.82) is 0 Å². The molecular weight excluding hydrogens is 505 g/mol. The number of carbonyl (C=O) groups is 2. The summed E-state index contributed by atoms with van der Waals surface area (Å²) < 4.78 is 15.9. The number of aromatic carboxylic acids is 1. The molecule has 38 heavy (non-hydrogen) atoms. The maximum atomic E-state index is 13.8. The van der Waals surface area contributed by atoms with E-state index in [-0.39, 0.29) is 17.5 Å². The molecule has 5 rings (SSSR count). The van der Waals surface area contributed by atoms with Crippen molar-refractivity contribution in [3.63, 3.8) is 0 Å². The van der Waals surface area contributed by atoms with Gasteiger partial charge in [0.05, 0.1) is 22.7 Å². The molecule has 8 heteroatoms. The Morgan fingerprint density at radius 3 is 2.50 bits per heavy atom. The minimum Gasteiger partial charge on any atom is -0.478 e. The SMILES string of the molecule is C[C@H](NC(=O)c1cc(N2CCC(F)CC2)cc2ccn(Cc3cccc(Cl)c3)c12)c1ccc(C(=O)O)cc1. The number of alkyl halides is 1. The Morgan fingerprint density at radius 2 is 1.82 bits per heavy atom. The third-order valence-electron chi connectivity index (χ3n) is 7.13. The Bertz CT molecular complexity index is 1480. The van der Waals surface area contributed by atoms with Gasteiger partial charge >= 0.3 is 5.97 Å². The van der Waals surface area contributed by atoms with Gasteiger partial charge in [-0.1, -0.05) is 35.9 Å². The van der Waals surface area contributed by atoms with E-state index in [1.807, 2.05) is 54.1 Å². The van der Waals surface area contributed by atoms with Gasteiger partial charge in [-0.25, -0.2) is 9.18 Å². The molecule has 0 spiro atoms.